The molecule has 2 rings (SSSR count). The zero-order valence-corrected chi connectivity index (χ0v) is 22.6. The van der Waals surface area contributed by atoms with Crippen LogP contribution in [0.1, 0.15) is 82.3 Å². The lowest BCUT2D eigenvalue weighted by Gasteiger charge is -2.16. The Balaban J connectivity index is 2.32. The van der Waals surface area contributed by atoms with Crippen LogP contribution in [0.4, 0.5) is 0 Å². The molecule has 2 aromatic rings. The normalized spacial score (nSPS) is 11.2. The Kier molecular flexibility index (Phi) is 11.8. The maximum Gasteiger partial charge on any atom is 0.307 e. The largest absolute Gasteiger partial charge is 0.493 e. The van der Waals surface area contributed by atoms with Crippen molar-refractivity contribution in [2.45, 2.75) is 67.2 Å². The van der Waals surface area contributed by atoms with Crippen molar-refractivity contribution in [3.8, 4) is 17.2 Å². The fourth-order valence-corrected chi connectivity index (χ4v) is 3.44. The molecule has 36 heavy (non-hydrogen) atoms. The molecular formula is C30H42O6. The summed E-state index contributed by atoms with van der Waals surface area (Å²) >= 11 is 0. The molecule has 198 valence electrons. The van der Waals surface area contributed by atoms with Crippen molar-refractivity contribution in [1.29, 1.82) is 0 Å². The van der Waals surface area contributed by atoms with Gasteiger partial charge in [-0.15, -0.1) is 0 Å². The summed E-state index contributed by atoms with van der Waals surface area (Å²) < 4.78 is 17.8. The summed E-state index contributed by atoms with van der Waals surface area (Å²) in [6.07, 6.45) is 2.42. The molecule has 6 heteroatoms. The van der Waals surface area contributed by atoms with Crippen LogP contribution in [-0.4, -0.2) is 36.7 Å². The van der Waals surface area contributed by atoms with Crippen molar-refractivity contribution in [1.82, 2.24) is 0 Å². The molecule has 0 aliphatic carbocycles. The molecule has 0 saturated heterocycles. The summed E-state index contributed by atoms with van der Waals surface area (Å²) in [5.41, 5.74) is 1.29. The molecule has 0 radical (unpaired) electrons. The Morgan fingerprint density at radius 1 is 0.722 bits per heavy atom. The molecule has 0 unspecified atom stereocenters. The van der Waals surface area contributed by atoms with Crippen LogP contribution in [0.5, 0.6) is 17.2 Å². The van der Waals surface area contributed by atoms with Gasteiger partial charge in [0.25, 0.3) is 0 Å². The summed E-state index contributed by atoms with van der Waals surface area (Å²) in [7, 11) is 0. The highest BCUT2D eigenvalue weighted by atomic mass is 16.5. The lowest BCUT2D eigenvalue weighted by atomic mass is 9.98. The molecule has 2 aromatic carbocycles. The van der Waals surface area contributed by atoms with Gasteiger partial charge in [0, 0.05) is 17.2 Å². The standard InChI is InChI=1S/C30H42O6/c1-20(2)11-14-34-25-8-9-26(28(19-25)36-16-13-22(5)6)30(33)23-7-10-27(35-15-12-21(3)4)24(17-23)18-29(31)32/h7-10,17,19-22H,11-16,18H2,1-6H3,(H,31,32). The molecule has 0 heterocycles. The molecule has 0 saturated carbocycles. The fourth-order valence-electron chi connectivity index (χ4n) is 3.44. The third-order valence-electron chi connectivity index (χ3n) is 5.73. The Hall–Kier alpha value is -3.02. The maximum absolute atomic E-state index is 13.5. The minimum Gasteiger partial charge on any atom is -0.493 e. The van der Waals surface area contributed by atoms with E-state index in [9.17, 15) is 14.7 Å². The van der Waals surface area contributed by atoms with Crippen LogP contribution in [-0.2, 0) is 11.2 Å². The van der Waals surface area contributed by atoms with Gasteiger partial charge in [0.15, 0.2) is 5.78 Å². The molecular weight excluding hydrogens is 456 g/mol. The van der Waals surface area contributed by atoms with E-state index in [1.807, 2.05) is 0 Å². The summed E-state index contributed by atoms with van der Waals surface area (Å²) in [5, 5.41) is 9.40. The highest BCUT2D eigenvalue weighted by molar-refractivity contribution is 6.11. The second kappa shape index (κ2) is 14.5. The summed E-state index contributed by atoms with van der Waals surface area (Å²) in [4.78, 5) is 25.0. The number of ketones is 1. The number of ether oxygens (including phenoxy) is 3. The lowest BCUT2D eigenvalue weighted by Crippen LogP contribution is -2.11. The van der Waals surface area contributed by atoms with Crippen molar-refractivity contribution in [3.05, 3.63) is 53.1 Å². The van der Waals surface area contributed by atoms with E-state index < -0.39 is 5.97 Å². The zero-order chi connectivity index (χ0) is 26.7. The van der Waals surface area contributed by atoms with Gasteiger partial charge in [0.1, 0.15) is 17.2 Å². The molecule has 0 aromatic heterocycles. The van der Waals surface area contributed by atoms with E-state index in [-0.39, 0.29) is 12.2 Å². The summed E-state index contributed by atoms with van der Waals surface area (Å²) in [5.74, 6) is 1.89. The third-order valence-corrected chi connectivity index (χ3v) is 5.73. The Bertz CT molecular complexity index is 993. The van der Waals surface area contributed by atoms with Gasteiger partial charge in [-0.2, -0.15) is 0 Å². The topological polar surface area (TPSA) is 82.1 Å². The molecule has 0 fully saturated rings. The fraction of sp³-hybridized carbons (Fsp3) is 0.533. The number of carbonyl (C=O) groups is 2. The van der Waals surface area contributed by atoms with Gasteiger partial charge in [0.2, 0.25) is 0 Å². The SMILES string of the molecule is CC(C)CCOc1ccc(C(=O)c2ccc(OCCC(C)C)c(CC(=O)O)c2)c(OCCC(C)C)c1. The van der Waals surface area contributed by atoms with Crippen LogP contribution in [0, 0.1) is 17.8 Å². The quantitative estimate of drug-likeness (QED) is 0.256. The first-order valence-corrected chi connectivity index (χ1v) is 13.0. The van der Waals surface area contributed by atoms with Gasteiger partial charge in [-0.3, -0.25) is 9.59 Å². The van der Waals surface area contributed by atoms with Gasteiger partial charge in [0.05, 0.1) is 31.8 Å². The van der Waals surface area contributed by atoms with E-state index in [4.69, 9.17) is 14.2 Å². The van der Waals surface area contributed by atoms with E-state index in [0.29, 0.717) is 71.5 Å². The number of aliphatic carboxylic acids is 1. The second-order valence-electron chi connectivity index (χ2n) is 10.5. The van der Waals surface area contributed by atoms with Crippen LogP contribution in [0.3, 0.4) is 0 Å². The number of carboxylic acids is 1. The predicted octanol–water partition coefficient (Wildman–Crippen LogP) is 6.82. The van der Waals surface area contributed by atoms with Gasteiger partial charge in [-0.1, -0.05) is 41.5 Å². The van der Waals surface area contributed by atoms with Gasteiger partial charge in [-0.05, 0) is 67.3 Å². The third kappa shape index (κ3) is 9.92. The van der Waals surface area contributed by atoms with E-state index in [0.717, 1.165) is 19.3 Å². The number of benzene rings is 2. The minimum absolute atomic E-state index is 0.224. The smallest absolute Gasteiger partial charge is 0.307 e. The van der Waals surface area contributed by atoms with E-state index >= 15 is 0 Å². The highest BCUT2D eigenvalue weighted by Gasteiger charge is 2.19. The Labute approximate surface area is 216 Å². The monoisotopic (exact) mass is 498 g/mol. The highest BCUT2D eigenvalue weighted by Crippen LogP contribution is 2.30. The number of carbonyl (C=O) groups excluding carboxylic acids is 1. The summed E-state index contributed by atoms with van der Waals surface area (Å²) in [6, 6.07) is 10.3. The van der Waals surface area contributed by atoms with Crippen LogP contribution < -0.4 is 14.2 Å². The number of hydrogen-bond donors (Lipinski definition) is 1. The second-order valence-corrected chi connectivity index (χ2v) is 10.5. The molecule has 0 bridgehead atoms. The first-order chi connectivity index (χ1) is 17.1. The summed E-state index contributed by atoms with van der Waals surface area (Å²) in [6.45, 7) is 14.3. The predicted molar refractivity (Wildman–Crippen MR) is 143 cm³/mol. The van der Waals surface area contributed by atoms with Crippen LogP contribution in [0.15, 0.2) is 36.4 Å². The molecule has 0 spiro atoms. The maximum atomic E-state index is 13.5. The van der Waals surface area contributed by atoms with Crippen LogP contribution in [0.25, 0.3) is 0 Å². The minimum atomic E-state index is -0.978. The molecule has 6 nitrogen and oxygen atoms in total. The van der Waals surface area contributed by atoms with Crippen LogP contribution >= 0.6 is 0 Å². The lowest BCUT2D eigenvalue weighted by molar-refractivity contribution is -0.136. The molecule has 0 amide bonds. The first kappa shape index (κ1) is 29.2. The number of carboxylic acid groups (broad SMARTS) is 1. The first-order valence-electron chi connectivity index (χ1n) is 13.0. The van der Waals surface area contributed by atoms with Gasteiger partial charge >= 0.3 is 5.97 Å². The molecule has 0 aliphatic heterocycles. The Morgan fingerprint density at radius 3 is 1.83 bits per heavy atom. The number of hydrogen-bond acceptors (Lipinski definition) is 5. The van der Waals surface area contributed by atoms with Crippen molar-refractivity contribution < 1.29 is 28.9 Å². The van der Waals surface area contributed by atoms with Crippen LogP contribution in [0.2, 0.25) is 0 Å². The van der Waals surface area contributed by atoms with Crippen molar-refractivity contribution >= 4 is 11.8 Å². The van der Waals surface area contributed by atoms with E-state index in [2.05, 4.69) is 41.5 Å². The number of rotatable bonds is 16. The van der Waals surface area contributed by atoms with Crippen molar-refractivity contribution in [2.24, 2.45) is 17.8 Å². The van der Waals surface area contributed by atoms with Crippen molar-refractivity contribution in [3.63, 3.8) is 0 Å². The Morgan fingerprint density at radius 2 is 1.28 bits per heavy atom. The van der Waals surface area contributed by atoms with E-state index in [1.165, 1.54) is 0 Å². The van der Waals surface area contributed by atoms with Gasteiger partial charge < -0.3 is 19.3 Å². The van der Waals surface area contributed by atoms with Crippen molar-refractivity contribution in [2.75, 3.05) is 19.8 Å². The van der Waals surface area contributed by atoms with Gasteiger partial charge in [-0.25, -0.2) is 0 Å². The molecule has 0 aliphatic rings. The average Bonchev–Trinajstić information content (AvgIpc) is 2.78. The molecule has 0 atom stereocenters. The molecule has 1 N–H and O–H groups in total. The average molecular weight is 499 g/mol. The van der Waals surface area contributed by atoms with E-state index in [1.54, 1.807) is 36.4 Å². The zero-order valence-electron chi connectivity index (χ0n) is 22.6.